The Morgan fingerprint density at radius 3 is 2.48 bits per heavy atom. The van der Waals surface area contributed by atoms with Crippen LogP contribution in [0.5, 0.6) is 0 Å². The lowest BCUT2D eigenvalue weighted by Crippen LogP contribution is -2.45. The van der Waals surface area contributed by atoms with Gasteiger partial charge in [0.05, 0.1) is 5.92 Å². The number of piperidine rings is 1. The number of halogens is 1. The fourth-order valence-corrected chi connectivity index (χ4v) is 5.31. The van der Waals surface area contributed by atoms with Crippen LogP contribution in [0.3, 0.4) is 0 Å². The van der Waals surface area contributed by atoms with Crippen LogP contribution in [0.2, 0.25) is 0 Å². The van der Waals surface area contributed by atoms with Gasteiger partial charge in [0.15, 0.2) is 0 Å². The number of hydrogen-bond acceptors (Lipinski definition) is 3. The van der Waals surface area contributed by atoms with Crippen molar-refractivity contribution >= 4 is 11.7 Å². The summed E-state index contributed by atoms with van der Waals surface area (Å²) in [6, 6.07) is 14.3. The van der Waals surface area contributed by atoms with Crippen molar-refractivity contribution in [3.05, 3.63) is 65.0 Å². The maximum absolute atomic E-state index is 14.0. The van der Waals surface area contributed by atoms with Gasteiger partial charge in [-0.1, -0.05) is 24.3 Å². The maximum Gasteiger partial charge on any atom is 0.306 e. The molecule has 1 unspecified atom stereocenters. The molecule has 0 radical (unpaired) electrons. The van der Waals surface area contributed by atoms with E-state index in [2.05, 4.69) is 28.0 Å². The normalized spacial score (nSPS) is 23.1. The highest BCUT2D eigenvalue weighted by Gasteiger charge is 2.34. The lowest BCUT2D eigenvalue weighted by Gasteiger charge is -2.41. The molecule has 2 saturated heterocycles. The molecule has 2 fully saturated rings. The first-order chi connectivity index (χ1) is 14.1. The van der Waals surface area contributed by atoms with Crippen LogP contribution < -0.4 is 4.90 Å². The third-order valence-electron chi connectivity index (χ3n) is 7.08. The zero-order chi connectivity index (χ0) is 20.0. The van der Waals surface area contributed by atoms with Gasteiger partial charge < -0.3 is 10.0 Å². The molecule has 2 heterocycles. The average Bonchev–Trinajstić information content (AvgIpc) is 3.12. The Morgan fingerprint density at radius 1 is 1.00 bits per heavy atom. The Bertz CT molecular complexity index is 917. The van der Waals surface area contributed by atoms with Crippen LogP contribution in [-0.2, 0) is 11.2 Å². The number of nitrogens with zero attached hydrogens (tertiary/aromatic N) is 2. The third kappa shape index (κ3) is 3.42. The van der Waals surface area contributed by atoms with Crippen molar-refractivity contribution in [2.24, 2.45) is 5.92 Å². The van der Waals surface area contributed by atoms with Crippen LogP contribution in [0, 0.1) is 11.7 Å². The third-order valence-corrected chi connectivity index (χ3v) is 7.08. The predicted molar refractivity (Wildman–Crippen MR) is 111 cm³/mol. The second-order valence-corrected chi connectivity index (χ2v) is 8.71. The van der Waals surface area contributed by atoms with E-state index in [0.29, 0.717) is 6.04 Å². The number of aryl methyl sites for hydroxylation is 1. The van der Waals surface area contributed by atoms with E-state index in [9.17, 15) is 14.3 Å². The fraction of sp³-hybridized carbons (Fsp3) is 0.458. The summed E-state index contributed by atoms with van der Waals surface area (Å²) in [4.78, 5) is 16.0. The molecule has 1 atom stereocenters. The molecule has 2 aromatic carbocycles. The number of hydrogen-bond donors (Lipinski definition) is 1. The number of carboxylic acid groups (broad SMARTS) is 1. The quantitative estimate of drug-likeness (QED) is 0.844. The molecular formula is C24H27FN2O2. The number of benzene rings is 2. The van der Waals surface area contributed by atoms with Crippen LogP contribution in [0.1, 0.15) is 47.9 Å². The SMILES string of the molecule is O=C(O)C1CCN(C2CCc3cc(N4CC(c5ccccc5F)C4)ccc32)CC1. The molecule has 2 aliphatic heterocycles. The van der Waals surface area contributed by atoms with Gasteiger partial charge in [-0.05, 0) is 73.7 Å². The van der Waals surface area contributed by atoms with E-state index < -0.39 is 5.97 Å². The molecule has 29 heavy (non-hydrogen) atoms. The van der Waals surface area contributed by atoms with E-state index in [1.807, 2.05) is 12.1 Å². The van der Waals surface area contributed by atoms with E-state index >= 15 is 0 Å². The Morgan fingerprint density at radius 2 is 1.76 bits per heavy atom. The van der Waals surface area contributed by atoms with Gasteiger partial charge in [-0.2, -0.15) is 0 Å². The topological polar surface area (TPSA) is 43.8 Å². The Hall–Kier alpha value is -2.40. The molecule has 152 valence electrons. The molecule has 0 bridgehead atoms. The van der Waals surface area contributed by atoms with Crippen molar-refractivity contribution in [1.82, 2.24) is 4.90 Å². The minimum Gasteiger partial charge on any atom is -0.481 e. The summed E-state index contributed by atoms with van der Waals surface area (Å²) >= 11 is 0. The number of anilines is 1. The molecule has 0 saturated carbocycles. The standard InChI is InChI=1S/C24H27FN2O2/c25-22-4-2-1-3-20(22)18-14-27(15-18)19-6-7-21-17(13-19)5-8-23(21)26-11-9-16(10-12-26)24(28)29/h1-4,6-7,13,16,18,23H,5,8-12,14-15H2,(H,28,29). The Labute approximate surface area is 170 Å². The monoisotopic (exact) mass is 394 g/mol. The first-order valence-corrected chi connectivity index (χ1v) is 10.7. The van der Waals surface area contributed by atoms with Gasteiger partial charge in [0.2, 0.25) is 0 Å². The van der Waals surface area contributed by atoms with Gasteiger partial charge in [-0.25, -0.2) is 4.39 Å². The smallest absolute Gasteiger partial charge is 0.306 e. The molecule has 0 amide bonds. The van der Waals surface area contributed by atoms with Crippen LogP contribution in [0.15, 0.2) is 42.5 Å². The molecule has 0 spiro atoms. The fourth-order valence-electron chi connectivity index (χ4n) is 5.31. The lowest BCUT2D eigenvalue weighted by atomic mass is 9.90. The van der Waals surface area contributed by atoms with Crippen molar-refractivity contribution in [1.29, 1.82) is 0 Å². The summed E-state index contributed by atoms with van der Waals surface area (Å²) in [6.07, 6.45) is 3.71. The summed E-state index contributed by atoms with van der Waals surface area (Å²) in [5.74, 6) is -0.652. The molecule has 1 N–H and O–H groups in total. The van der Waals surface area contributed by atoms with Gasteiger partial charge in [-0.3, -0.25) is 9.69 Å². The molecule has 3 aliphatic rings. The number of rotatable bonds is 4. The summed E-state index contributed by atoms with van der Waals surface area (Å²) < 4.78 is 14.0. The number of aliphatic carboxylic acids is 1. The molecule has 1 aliphatic carbocycles. The van der Waals surface area contributed by atoms with E-state index in [1.54, 1.807) is 12.1 Å². The summed E-state index contributed by atoms with van der Waals surface area (Å²) in [5.41, 5.74) is 4.90. The van der Waals surface area contributed by atoms with Crippen molar-refractivity contribution in [3.63, 3.8) is 0 Å². The molecule has 0 aromatic heterocycles. The van der Waals surface area contributed by atoms with Gasteiger partial charge in [0.25, 0.3) is 0 Å². The second-order valence-electron chi connectivity index (χ2n) is 8.71. The lowest BCUT2D eigenvalue weighted by molar-refractivity contribution is -0.143. The summed E-state index contributed by atoms with van der Waals surface area (Å²) in [6.45, 7) is 3.48. The van der Waals surface area contributed by atoms with Gasteiger partial charge >= 0.3 is 5.97 Å². The van der Waals surface area contributed by atoms with E-state index in [0.717, 1.165) is 57.4 Å². The first-order valence-electron chi connectivity index (χ1n) is 10.7. The van der Waals surface area contributed by atoms with Crippen molar-refractivity contribution in [2.75, 3.05) is 31.1 Å². The second kappa shape index (κ2) is 7.45. The maximum atomic E-state index is 14.0. The van der Waals surface area contributed by atoms with E-state index in [1.165, 1.54) is 16.8 Å². The molecular weight excluding hydrogens is 367 g/mol. The predicted octanol–water partition coefficient (Wildman–Crippen LogP) is 4.21. The van der Waals surface area contributed by atoms with Gasteiger partial charge in [0, 0.05) is 30.7 Å². The Kier molecular flexibility index (Phi) is 4.78. The zero-order valence-corrected chi connectivity index (χ0v) is 16.6. The molecule has 5 rings (SSSR count). The average molecular weight is 394 g/mol. The van der Waals surface area contributed by atoms with Crippen molar-refractivity contribution in [3.8, 4) is 0 Å². The van der Waals surface area contributed by atoms with Crippen LogP contribution >= 0.6 is 0 Å². The highest BCUT2D eigenvalue weighted by atomic mass is 19.1. The minimum atomic E-state index is -0.649. The largest absolute Gasteiger partial charge is 0.481 e. The van der Waals surface area contributed by atoms with Crippen molar-refractivity contribution in [2.45, 2.75) is 37.6 Å². The highest BCUT2D eigenvalue weighted by molar-refractivity contribution is 5.70. The summed E-state index contributed by atoms with van der Waals surface area (Å²) in [7, 11) is 0. The van der Waals surface area contributed by atoms with Crippen LogP contribution in [-0.4, -0.2) is 42.2 Å². The molecule has 4 nitrogen and oxygen atoms in total. The number of fused-ring (bicyclic) bond motifs is 1. The van der Waals surface area contributed by atoms with Crippen LogP contribution in [0.25, 0.3) is 0 Å². The molecule has 2 aromatic rings. The number of carbonyl (C=O) groups is 1. The minimum absolute atomic E-state index is 0.0967. The van der Waals surface area contributed by atoms with E-state index in [4.69, 9.17) is 0 Å². The number of carboxylic acids is 1. The highest BCUT2D eigenvalue weighted by Crippen LogP contribution is 2.41. The van der Waals surface area contributed by atoms with Gasteiger partial charge in [-0.15, -0.1) is 0 Å². The molecule has 5 heteroatoms. The van der Waals surface area contributed by atoms with Crippen molar-refractivity contribution < 1.29 is 14.3 Å². The Balaban J connectivity index is 1.24. The first kappa shape index (κ1) is 18.6. The van der Waals surface area contributed by atoms with Gasteiger partial charge in [0.1, 0.15) is 5.82 Å². The van der Waals surface area contributed by atoms with E-state index in [-0.39, 0.29) is 17.7 Å². The summed E-state index contributed by atoms with van der Waals surface area (Å²) in [5, 5.41) is 9.22. The van der Waals surface area contributed by atoms with Crippen LogP contribution in [0.4, 0.5) is 10.1 Å². The zero-order valence-electron chi connectivity index (χ0n) is 16.6. The number of likely N-dealkylation sites (tertiary alicyclic amines) is 1.